The van der Waals surface area contributed by atoms with Gasteiger partial charge < -0.3 is 20.4 Å². The molecule has 1 aliphatic heterocycles. The lowest BCUT2D eigenvalue weighted by Gasteiger charge is -2.36. The molecule has 1 heterocycles. The van der Waals surface area contributed by atoms with Crippen molar-refractivity contribution in [1.82, 2.24) is 20.0 Å². The van der Waals surface area contributed by atoms with Gasteiger partial charge in [0.1, 0.15) is 0 Å². The molecule has 0 bridgehead atoms. The molecule has 174 valence electrons. The van der Waals surface area contributed by atoms with E-state index in [9.17, 15) is 4.79 Å². The first-order valence-electron chi connectivity index (χ1n) is 10.8. The van der Waals surface area contributed by atoms with Gasteiger partial charge in [-0.3, -0.25) is 14.7 Å². The molecule has 7 nitrogen and oxygen atoms in total. The number of guanidine groups is 1. The largest absolute Gasteiger partial charge is 0.352 e. The van der Waals surface area contributed by atoms with Gasteiger partial charge in [0.05, 0.1) is 6.54 Å². The van der Waals surface area contributed by atoms with Crippen LogP contribution in [0.5, 0.6) is 0 Å². The predicted molar refractivity (Wildman–Crippen MR) is 143 cm³/mol. The van der Waals surface area contributed by atoms with Gasteiger partial charge in [0, 0.05) is 52.0 Å². The number of halogens is 1. The van der Waals surface area contributed by atoms with Crippen LogP contribution in [0.2, 0.25) is 0 Å². The van der Waals surface area contributed by atoms with Crippen LogP contribution in [0.15, 0.2) is 59.6 Å². The first kappa shape index (κ1) is 26.1. The molecule has 2 aromatic rings. The van der Waals surface area contributed by atoms with Crippen molar-refractivity contribution in [2.45, 2.75) is 13.1 Å². The number of carbonyl (C=O) groups excluding carboxylic acids is 1. The summed E-state index contributed by atoms with van der Waals surface area (Å²) >= 11 is 0. The number of rotatable bonds is 7. The number of aliphatic imine (C=N–C) groups is 1. The van der Waals surface area contributed by atoms with Crippen LogP contribution in [0.1, 0.15) is 11.1 Å². The molecule has 2 aromatic carbocycles. The second kappa shape index (κ2) is 13.4. The lowest BCUT2D eigenvalue weighted by Crippen LogP contribution is -2.52. The Labute approximate surface area is 208 Å². The van der Waals surface area contributed by atoms with Gasteiger partial charge in [-0.05, 0) is 37.4 Å². The van der Waals surface area contributed by atoms with Crippen LogP contribution in [0.3, 0.4) is 0 Å². The first-order chi connectivity index (χ1) is 15.0. The average Bonchev–Trinajstić information content (AvgIpc) is 2.75. The van der Waals surface area contributed by atoms with E-state index in [1.165, 1.54) is 5.56 Å². The normalized spacial score (nSPS) is 14.8. The van der Waals surface area contributed by atoms with Crippen LogP contribution < -0.4 is 10.6 Å². The molecule has 0 spiro atoms. The Hall–Kier alpha value is -2.17. The second-order valence-electron chi connectivity index (χ2n) is 8.14. The topological polar surface area (TPSA) is 63.2 Å². The molecule has 1 aliphatic rings. The van der Waals surface area contributed by atoms with Gasteiger partial charge in [0.25, 0.3) is 0 Å². The Bertz CT molecular complexity index is 866. The molecule has 0 aromatic heterocycles. The van der Waals surface area contributed by atoms with E-state index in [-0.39, 0.29) is 29.9 Å². The molecule has 32 heavy (non-hydrogen) atoms. The minimum Gasteiger partial charge on any atom is -0.352 e. The van der Waals surface area contributed by atoms with Crippen LogP contribution >= 0.6 is 24.0 Å². The molecule has 0 radical (unpaired) electrons. The third kappa shape index (κ3) is 8.40. The minimum absolute atomic E-state index is 0. The Morgan fingerprint density at radius 2 is 1.69 bits per heavy atom. The molecule has 1 fully saturated rings. The number of likely N-dealkylation sites (N-methyl/N-ethyl adjacent to an activating group) is 1. The van der Waals surface area contributed by atoms with Gasteiger partial charge in [0.15, 0.2) is 5.96 Å². The molecule has 2 N–H and O–H groups in total. The third-order valence-corrected chi connectivity index (χ3v) is 5.25. The summed E-state index contributed by atoms with van der Waals surface area (Å²) in [6.07, 6.45) is 0. The van der Waals surface area contributed by atoms with Gasteiger partial charge in [0.2, 0.25) is 5.91 Å². The number of hydrogen-bond donors (Lipinski definition) is 2. The van der Waals surface area contributed by atoms with E-state index in [0.29, 0.717) is 13.1 Å². The summed E-state index contributed by atoms with van der Waals surface area (Å²) in [6, 6.07) is 18.6. The maximum atomic E-state index is 12.0. The highest BCUT2D eigenvalue weighted by Gasteiger charge is 2.19. The molecule has 3 rings (SSSR count). The van der Waals surface area contributed by atoms with Gasteiger partial charge in [-0.25, -0.2) is 0 Å². The number of piperazine rings is 1. The van der Waals surface area contributed by atoms with Crippen LogP contribution in [-0.4, -0.2) is 80.4 Å². The van der Waals surface area contributed by atoms with E-state index in [4.69, 9.17) is 0 Å². The second-order valence-corrected chi connectivity index (χ2v) is 8.14. The Kier molecular flexibility index (Phi) is 10.9. The quantitative estimate of drug-likeness (QED) is 0.316. The molecule has 0 atom stereocenters. The number of hydrogen-bond acceptors (Lipinski definition) is 4. The van der Waals surface area contributed by atoms with Crippen molar-refractivity contribution in [1.29, 1.82) is 0 Å². The highest BCUT2D eigenvalue weighted by Crippen LogP contribution is 2.12. The van der Waals surface area contributed by atoms with E-state index >= 15 is 0 Å². The fraction of sp³-hybridized carbons (Fsp3) is 0.417. The van der Waals surface area contributed by atoms with Crippen LogP contribution in [0, 0.1) is 0 Å². The van der Waals surface area contributed by atoms with Crippen molar-refractivity contribution in [2.75, 3.05) is 59.2 Å². The van der Waals surface area contributed by atoms with E-state index in [1.54, 1.807) is 0 Å². The number of anilines is 1. The SMILES string of the molecule is CN=C(NCc1cccc(NC(=O)CN(C)C)c1)N1CCN(Cc2ccccc2)CC1.I. The number of nitrogens with zero attached hydrogens (tertiary/aromatic N) is 4. The molecule has 1 saturated heterocycles. The van der Waals surface area contributed by atoms with Crippen LogP contribution in [-0.2, 0) is 17.9 Å². The highest BCUT2D eigenvalue weighted by molar-refractivity contribution is 14.0. The predicted octanol–water partition coefficient (Wildman–Crippen LogP) is 2.70. The standard InChI is InChI=1S/C24H34N6O.HI/c1-25-24(30-14-12-29(13-15-30)18-20-8-5-4-6-9-20)26-17-21-10-7-11-22(16-21)27-23(31)19-28(2)3;/h4-11,16H,12-15,17-19H2,1-3H3,(H,25,26)(H,27,31);1H. The van der Waals surface area contributed by atoms with E-state index in [1.807, 2.05) is 44.2 Å². The highest BCUT2D eigenvalue weighted by atomic mass is 127. The Morgan fingerprint density at radius 3 is 2.34 bits per heavy atom. The molecule has 0 saturated carbocycles. The third-order valence-electron chi connectivity index (χ3n) is 5.25. The van der Waals surface area contributed by atoms with Gasteiger partial charge in [-0.2, -0.15) is 0 Å². The molecule has 8 heteroatoms. The van der Waals surface area contributed by atoms with Crippen molar-refractivity contribution in [3.63, 3.8) is 0 Å². The number of amides is 1. The van der Waals surface area contributed by atoms with Crippen molar-refractivity contribution in [3.8, 4) is 0 Å². The fourth-order valence-electron chi connectivity index (χ4n) is 3.72. The lowest BCUT2D eigenvalue weighted by molar-refractivity contribution is -0.116. The molecule has 0 unspecified atom stereocenters. The first-order valence-corrected chi connectivity index (χ1v) is 10.8. The summed E-state index contributed by atoms with van der Waals surface area (Å²) in [5.41, 5.74) is 3.28. The summed E-state index contributed by atoms with van der Waals surface area (Å²) in [5, 5.41) is 6.42. The molecular weight excluding hydrogens is 515 g/mol. The van der Waals surface area contributed by atoms with Crippen LogP contribution in [0.4, 0.5) is 5.69 Å². The van der Waals surface area contributed by atoms with Crippen LogP contribution in [0.25, 0.3) is 0 Å². The van der Waals surface area contributed by atoms with Crippen molar-refractivity contribution in [3.05, 3.63) is 65.7 Å². The minimum atomic E-state index is -0.0145. The van der Waals surface area contributed by atoms with Crippen molar-refractivity contribution < 1.29 is 4.79 Å². The van der Waals surface area contributed by atoms with E-state index < -0.39 is 0 Å². The fourth-order valence-corrected chi connectivity index (χ4v) is 3.72. The lowest BCUT2D eigenvalue weighted by atomic mass is 10.2. The summed E-state index contributed by atoms with van der Waals surface area (Å²) in [6.45, 7) is 5.96. The zero-order valence-corrected chi connectivity index (χ0v) is 21.6. The van der Waals surface area contributed by atoms with Crippen molar-refractivity contribution >= 4 is 41.5 Å². The number of carbonyl (C=O) groups is 1. The monoisotopic (exact) mass is 550 g/mol. The van der Waals surface area contributed by atoms with Gasteiger partial charge in [-0.1, -0.05) is 42.5 Å². The maximum Gasteiger partial charge on any atom is 0.238 e. The zero-order valence-electron chi connectivity index (χ0n) is 19.3. The maximum absolute atomic E-state index is 12.0. The number of nitrogens with one attached hydrogen (secondary N) is 2. The Balaban J connectivity index is 0.00000363. The van der Waals surface area contributed by atoms with Crippen molar-refractivity contribution in [2.24, 2.45) is 4.99 Å². The Morgan fingerprint density at radius 1 is 1.00 bits per heavy atom. The van der Waals surface area contributed by atoms with E-state index in [0.717, 1.165) is 49.9 Å². The molecule has 0 aliphatic carbocycles. The smallest absolute Gasteiger partial charge is 0.238 e. The summed E-state index contributed by atoms with van der Waals surface area (Å²) < 4.78 is 0. The molecular formula is C24H35IN6O. The van der Waals surface area contributed by atoms with Gasteiger partial charge in [-0.15, -0.1) is 24.0 Å². The average molecular weight is 550 g/mol. The zero-order chi connectivity index (χ0) is 22.1. The summed E-state index contributed by atoms with van der Waals surface area (Å²) in [7, 11) is 5.59. The summed E-state index contributed by atoms with van der Waals surface area (Å²) in [5.74, 6) is 0.903. The van der Waals surface area contributed by atoms with Gasteiger partial charge >= 0.3 is 0 Å². The molecule has 1 amide bonds. The summed E-state index contributed by atoms with van der Waals surface area (Å²) in [4.78, 5) is 23.1. The van der Waals surface area contributed by atoms with E-state index in [2.05, 4.69) is 61.8 Å². The number of benzene rings is 2.